The van der Waals surface area contributed by atoms with Crippen LogP contribution in [0.4, 0.5) is 10.5 Å². The molecule has 0 saturated carbocycles. The van der Waals surface area contributed by atoms with Gasteiger partial charge in [-0.2, -0.15) is 5.10 Å². The molecule has 0 radical (unpaired) electrons. The second-order valence-corrected chi connectivity index (χ2v) is 5.01. The third-order valence-corrected chi connectivity index (χ3v) is 3.33. The molecular formula is C17H17N5O2. The number of aromatic nitrogens is 3. The zero-order valence-corrected chi connectivity index (χ0v) is 13.1. The average molecular weight is 323 g/mol. The van der Waals surface area contributed by atoms with E-state index in [4.69, 9.17) is 4.74 Å². The highest BCUT2D eigenvalue weighted by Crippen LogP contribution is 2.18. The molecule has 0 aliphatic carbocycles. The summed E-state index contributed by atoms with van der Waals surface area (Å²) >= 11 is 0. The maximum Gasteiger partial charge on any atom is 0.319 e. The van der Waals surface area contributed by atoms with Crippen LogP contribution in [0.3, 0.4) is 0 Å². The van der Waals surface area contributed by atoms with Crippen molar-refractivity contribution >= 4 is 11.7 Å². The van der Waals surface area contributed by atoms with E-state index in [2.05, 4.69) is 25.8 Å². The maximum absolute atomic E-state index is 11.8. The van der Waals surface area contributed by atoms with Gasteiger partial charge in [0.25, 0.3) is 0 Å². The molecule has 1 aromatic heterocycles. The number of rotatable bonds is 5. The van der Waals surface area contributed by atoms with Gasteiger partial charge < -0.3 is 15.4 Å². The third kappa shape index (κ3) is 3.89. The van der Waals surface area contributed by atoms with Gasteiger partial charge in [-0.05, 0) is 36.4 Å². The van der Waals surface area contributed by atoms with Crippen LogP contribution in [0.5, 0.6) is 5.75 Å². The van der Waals surface area contributed by atoms with Crippen LogP contribution >= 0.6 is 0 Å². The Morgan fingerprint density at radius 1 is 1.12 bits per heavy atom. The van der Waals surface area contributed by atoms with Crippen LogP contribution in [0, 0.1) is 0 Å². The number of nitrogens with zero attached hydrogens (tertiary/aromatic N) is 2. The Morgan fingerprint density at radius 2 is 1.88 bits per heavy atom. The van der Waals surface area contributed by atoms with E-state index in [-0.39, 0.29) is 12.6 Å². The van der Waals surface area contributed by atoms with E-state index in [9.17, 15) is 4.79 Å². The molecule has 0 aliphatic rings. The molecule has 3 rings (SSSR count). The predicted octanol–water partition coefficient (Wildman–Crippen LogP) is 2.80. The number of hydrogen-bond donors (Lipinski definition) is 3. The monoisotopic (exact) mass is 323 g/mol. The van der Waals surface area contributed by atoms with Crippen molar-refractivity contribution in [3.05, 3.63) is 60.4 Å². The Hall–Kier alpha value is -3.35. The number of amides is 2. The van der Waals surface area contributed by atoms with Crippen LogP contribution in [-0.2, 0) is 6.54 Å². The SMILES string of the molecule is COc1ccc(-c2n[nH]c(CNC(=O)Nc3ccccc3)n2)cc1. The van der Waals surface area contributed by atoms with Gasteiger partial charge in [-0.3, -0.25) is 5.10 Å². The summed E-state index contributed by atoms with van der Waals surface area (Å²) < 4.78 is 5.12. The van der Waals surface area contributed by atoms with E-state index in [0.29, 0.717) is 11.6 Å². The van der Waals surface area contributed by atoms with Crippen molar-refractivity contribution in [1.29, 1.82) is 0 Å². The van der Waals surface area contributed by atoms with Gasteiger partial charge in [0.15, 0.2) is 5.82 Å². The summed E-state index contributed by atoms with van der Waals surface area (Å²) in [6.07, 6.45) is 0. The lowest BCUT2D eigenvalue weighted by Gasteiger charge is -2.05. The van der Waals surface area contributed by atoms with Crippen LogP contribution < -0.4 is 15.4 Å². The van der Waals surface area contributed by atoms with Crippen molar-refractivity contribution in [3.63, 3.8) is 0 Å². The summed E-state index contributed by atoms with van der Waals surface area (Å²) in [6, 6.07) is 16.4. The highest BCUT2D eigenvalue weighted by atomic mass is 16.5. The second-order valence-electron chi connectivity index (χ2n) is 5.01. The van der Waals surface area contributed by atoms with Crippen LogP contribution in [0.1, 0.15) is 5.82 Å². The van der Waals surface area contributed by atoms with Crippen molar-refractivity contribution in [1.82, 2.24) is 20.5 Å². The first-order chi connectivity index (χ1) is 11.7. The Labute approximate surface area is 139 Å². The van der Waals surface area contributed by atoms with Gasteiger partial charge in [-0.15, -0.1) is 0 Å². The summed E-state index contributed by atoms with van der Waals surface area (Å²) in [6.45, 7) is 0.252. The molecule has 7 heteroatoms. The maximum atomic E-state index is 11.8. The molecule has 0 spiro atoms. The summed E-state index contributed by atoms with van der Waals surface area (Å²) in [5.41, 5.74) is 1.60. The van der Waals surface area contributed by atoms with Crippen LogP contribution in [-0.4, -0.2) is 28.3 Å². The molecule has 1 heterocycles. The van der Waals surface area contributed by atoms with Gasteiger partial charge in [-0.25, -0.2) is 9.78 Å². The van der Waals surface area contributed by atoms with Crippen molar-refractivity contribution in [2.75, 3.05) is 12.4 Å². The molecule has 0 aliphatic heterocycles. The number of methoxy groups -OCH3 is 1. The number of anilines is 1. The summed E-state index contributed by atoms with van der Waals surface area (Å²) in [7, 11) is 1.62. The Balaban J connectivity index is 1.56. The first-order valence-corrected chi connectivity index (χ1v) is 7.40. The highest BCUT2D eigenvalue weighted by Gasteiger charge is 2.07. The second kappa shape index (κ2) is 7.28. The number of nitrogens with one attached hydrogen (secondary N) is 3. The topological polar surface area (TPSA) is 91.9 Å². The van der Waals surface area contributed by atoms with Crippen molar-refractivity contribution < 1.29 is 9.53 Å². The number of H-pyrrole nitrogens is 1. The zero-order valence-electron chi connectivity index (χ0n) is 13.1. The molecule has 2 amide bonds. The number of urea groups is 1. The molecule has 24 heavy (non-hydrogen) atoms. The minimum atomic E-state index is -0.302. The number of hydrogen-bond acceptors (Lipinski definition) is 4. The fourth-order valence-corrected chi connectivity index (χ4v) is 2.10. The average Bonchev–Trinajstić information content (AvgIpc) is 3.10. The third-order valence-electron chi connectivity index (χ3n) is 3.33. The van der Waals surface area contributed by atoms with E-state index in [1.54, 1.807) is 7.11 Å². The van der Waals surface area contributed by atoms with E-state index >= 15 is 0 Å². The lowest BCUT2D eigenvalue weighted by atomic mass is 10.2. The number of aromatic amines is 1. The molecule has 3 aromatic rings. The molecule has 0 saturated heterocycles. The van der Waals surface area contributed by atoms with E-state index < -0.39 is 0 Å². The van der Waals surface area contributed by atoms with Crippen molar-refractivity contribution in [2.24, 2.45) is 0 Å². The smallest absolute Gasteiger partial charge is 0.319 e. The van der Waals surface area contributed by atoms with Gasteiger partial charge in [0.2, 0.25) is 0 Å². The Bertz CT molecular complexity index is 799. The minimum absolute atomic E-state index is 0.252. The van der Waals surface area contributed by atoms with Gasteiger partial charge in [0, 0.05) is 11.3 Å². The molecule has 0 unspecified atom stereocenters. The largest absolute Gasteiger partial charge is 0.497 e. The normalized spacial score (nSPS) is 10.2. The lowest BCUT2D eigenvalue weighted by Crippen LogP contribution is -2.28. The fraction of sp³-hybridized carbons (Fsp3) is 0.118. The van der Waals surface area contributed by atoms with Gasteiger partial charge in [0.1, 0.15) is 11.6 Å². The lowest BCUT2D eigenvalue weighted by molar-refractivity contribution is 0.251. The Morgan fingerprint density at radius 3 is 2.58 bits per heavy atom. The molecule has 7 nitrogen and oxygen atoms in total. The van der Waals surface area contributed by atoms with Crippen LogP contribution in [0.15, 0.2) is 54.6 Å². The fourth-order valence-electron chi connectivity index (χ4n) is 2.10. The number of para-hydroxylation sites is 1. The first-order valence-electron chi connectivity index (χ1n) is 7.40. The molecule has 3 N–H and O–H groups in total. The molecular weight excluding hydrogens is 306 g/mol. The number of ether oxygens (including phenoxy) is 1. The predicted molar refractivity (Wildman–Crippen MR) is 90.7 cm³/mol. The quantitative estimate of drug-likeness (QED) is 0.673. The highest BCUT2D eigenvalue weighted by molar-refractivity contribution is 5.89. The molecule has 0 fully saturated rings. The van der Waals surface area contributed by atoms with Gasteiger partial charge in [0.05, 0.1) is 13.7 Å². The van der Waals surface area contributed by atoms with Crippen molar-refractivity contribution in [2.45, 2.75) is 6.54 Å². The van der Waals surface area contributed by atoms with E-state index in [1.165, 1.54) is 0 Å². The van der Waals surface area contributed by atoms with Gasteiger partial charge in [-0.1, -0.05) is 18.2 Å². The zero-order chi connectivity index (χ0) is 16.8. The van der Waals surface area contributed by atoms with Crippen molar-refractivity contribution in [3.8, 4) is 17.1 Å². The summed E-state index contributed by atoms with van der Waals surface area (Å²) in [5.74, 6) is 1.91. The van der Waals surface area contributed by atoms with Crippen LogP contribution in [0.2, 0.25) is 0 Å². The molecule has 2 aromatic carbocycles. The number of carbonyl (C=O) groups excluding carboxylic acids is 1. The molecule has 0 atom stereocenters. The summed E-state index contributed by atoms with van der Waals surface area (Å²) in [4.78, 5) is 16.2. The molecule has 0 bridgehead atoms. The van der Waals surface area contributed by atoms with E-state index in [0.717, 1.165) is 17.0 Å². The standard InChI is InChI=1S/C17H17N5O2/c1-24-14-9-7-12(8-10-14)16-20-15(21-22-16)11-18-17(23)19-13-5-3-2-4-6-13/h2-10H,11H2,1H3,(H2,18,19,23)(H,20,21,22). The number of carbonyl (C=O) groups is 1. The summed E-state index contributed by atoms with van der Waals surface area (Å²) in [5, 5.41) is 12.4. The minimum Gasteiger partial charge on any atom is -0.497 e. The van der Waals surface area contributed by atoms with E-state index in [1.807, 2.05) is 54.6 Å². The van der Waals surface area contributed by atoms with Crippen LogP contribution in [0.25, 0.3) is 11.4 Å². The number of benzene rings is 2. The Kier molecular flexibility index (Phi) is 4.71. The van der Waals surface area contributed by atoms with Gasteiger partial charge >= 0.3 is 6.03 Å². The molecule has 122 valence electrons. The first kappa shape index (κ1) is 15.5.